The van der Waals surface area contributed by atoms with Crippen LogP contribution in [0.15, 0.2) is 0 Å². The van der Waals surface area contributed by atoms with Crippen LogP contribution in [-0.2, 0) is 0 Å². The van der Waals surface area contributed by atoms with Crippen LogP contribution in [0.25, 0.3) is 0 Å². The maximum atomic E-state index is 5.47. The molecule has 3 N–H and O–H groups in total. The topological polar surface area (TPSA) is 67.1 Å². The maximum absolute atomic E-state index is 5.47. The van der Waals surface area contributed by atoms with E-state index in [0.29, 0.717) is 17.8 Å². The Morgan fingerprint density at radius 2 is 1.76 bits per heavy atom. The van der Waals surface area contributed by atoms with Gasteiger partial charge in [-0.2, -0.15) is 0 Å². The number of nitrogen functional groups attached to an aromatic ring is 1. The van der Waals surface area contributed by atoms with Crippen LogP contribution in [0.4, 0.5) is 11.6 Å². The molecule has 5 heteroatoms. The highest BCUT2D eigenvalue weighted by molar-refractivity contribution is 5.58. The number of nitrogens with two attached hydrogens (primary N) is 1. The maximum Gasteiger partial charge on any atom is 0.148 e. The van der Waals surface area contributed by atoms with Crippen LogP contribution >= 0.6 is 0 Å². The summed E-state index contributed by atoms with van der Waals surface area (Å²) >= 11 is 0. The van der Waals surface area contributed by atoms with Crippen LogP contribution in [0, 0.1) is 19.8 Å². The lowest BCUT2D eigenvalue weighted by molar-refractivity contribution is 0.501. The van der Waals surface area contributed by atoms with E-state index in [0.717, 1.165) is 17.2 Å². The number of hydrazine groups is 1. The fourth-order valence-corrected chi connectivity index (χ4v) is 1.74. The van der Waals surface area contributed by atoms with Gasteiger partial charge in [0.1, 0.15) is 17.5 Å². The summed E-state index contributed by atoms with van der Waals surface area (Å²) in [6.07, 6.45) is 0. The van der Waals surface area contributed by atoms with Gasteiger partial charge in [-0.05, 0) is 26.7 Å². The van der Waals surface area contributed by atoms with Gasteiger partial charge in [0.05, 0.1) is 0 Å². The summed E-state index contributed by atoms with van der Waals surface area (Å²) in [6, 6.07) is 0.411. The molecule has 1 aromatic rings. The van der Waals surface area contributed by atoms with E-state index in [1.165, 1.54) is 0 Å². The average molecular weight is 237 g/mol. The van der Waals surface area contributed by atoms with Crippen molar-refractivity contribution in [1.29, 1.82) is 0 Å². The van der Waals surface area contributed by atoms with E-state index in [1.54, 1.807) is 0 Å². The second-order valence-electron chi connectivity index (χ2n) is 4.81. The summed E-state index contributed by atoms with van der Waals surface area (Å²) in [5, 5.41) is 0. The van der Waals surface area contributed by atoms with Gasteiger partial charge in [-0.1, -0.05) is 13.8 Å². The fourth-order valence-electron chi connectivity index (χ4n) is 1.74. The number of anilines is 2. The van der Waals surface area contributed by atoms with Gasteiger partial charge >= 0.3 is 0 Å². The number of nitrogens with one attached hydrogen (secondary N) is 1. The Bertz CT molecular complexity index is 389. The number of hydrogen-bond acceptors (Lipinski definition) is 5. The van der Waals surface area contributed by atoms with E-state index in [2.05, 4.69) is 48.1 Å². The van der Waals surface area contributed by atoms with Crippen molar-refractivity contribution in [2.75, 3.05) is 17.4 Å². The number of hydrogen-bond donors (Lipinski definition) is 2. The predicted molar refractivity (Wildman–Crippen MR) is 72.0 cm³/mol. The minimum Gasteiger partial charge on any atom is -0.356 e. The smallest absolute Gasteiger partial charge is 0.148 e. The first-order chi connectivity index (χ1) is 7.88. The van der Waals surface area contributed by atoms with Gasteiger partial charge in [-0.25, -0.2) is 15.8 Å². The molecule has 1 atom stereocenters. The summed E-state index contributed by atoms with van der Waals surface area (Å²) in [5.74, 6) is 8.38. The summed E-state index contributed by atoms with van der Waals surface area (Å²) < 4.78 is 0. The minimum atomic E-state index is 0.411. The molecule has 1 unspecified atom stereocenters. The van der Waals surface area contributed by atoms with Crippen molar-refractivity contribution >= 4 is 11.6 Å². The van der Waals surface area contributed by atoms with Crippen molar-refractivity contribution in [2.24, 2.45) is 11.8 Å². The second kappa shape index (κ2) is 5.31. The molecule has 0 spiro atoms. The van der Waals surface area contributed by atoms with Crippen LogP contribution in [0.2, 0.25) is 0 Å². The van der Waals surface area contributed by atoms with Crippen molar-refractivity contribution in [2.45, 2.75) is 40.7 Å². The largest absolute Gasteiger partial charge is 0.356 e. The molecule has 1 heterocycles. The molecule has 0 amide bonds. The number of aromatic nitrogens is 2. The molecule has 0 fully saturated rings. The Balaban J connectivity index is 3.17. The quantitative estimate of drug-likeness (QED) is 0.618. The first kappa shape index (κ1) is 13.7. The van der Waals surface area contributed by atoms with E-state index in [4.69, 9.17) is 5.84 Å². The molecule has 0 saturated heterocycles. The van der Waals surface area contributed by atoms with E-state index in [1.807, 2.05) is 13.8 Å². The molecule has 96 valence electrons. The Morgan fingerprint density at radius 3 is 2.24 bits per heavy atom. The van der Waals surface area contributed by atoms with E-state index < -0.39 is 0 Å². The molecule has 17 heavy (non-hydrogen) atoms. The van der Waals surface area contributed by atoms with Crippen LogP contribution in [-0.4, -0.2) is 23.1 Å². The van der Waals surface area contributed by atoms with E-state index >= 15 is 0 Å². The third kappa shape index (κ3) is 2.85. The first-order valence-electron chi connectivity index (χ1n) is 5.93. The van der Waals surface area contributed by atoms with Crippen LogP contribution in [0.3, 0.4) is 0 Å². The summed E-state index contributed by atoms with van der Waals surface area (Å²) in [5.41, 5.74) is 3.60. The summed E-state index contributed by atoms with van der Waals surface area (Å²) in [7, 11) is 2.06. The zero-order valence-electron chi connectivity index (χ0n) is 11.6. The average Bonchev–Trinajstić information content (AvgIpc) is 2.29. The molecular formula is C12H23N5. The molecule has 0 bridgehead atoms. The molecule has 0 aliphatic rings. The Kier molecular flexibility index (Phi) is 4.28. The van der Waals surface area contributed by atoms with Crippen molar-refractivity contribution in [3.8, 4) is 0 Å². The standard InChI is InChI=1S/C12H23N5/c1-7(2)9(4)17(6)12-8(3)11(16-13)14-10(5)15-12/h7,9H,13H2,1-6H3,(H,14,15,16). The van der Waals surface area contributed by atoms with Gasteiger partial charge < -0.3 is 10.3 Å². The second-order valence-corrected chi connectivity index (χ2v) is 4.81. The van der Waals surface area contributed by atoms with Crippen molar-refractivity contribution in [3.05, 3.63) is 11.4 Å². The number of aryl methyl sites for hydroxylation is 1. The SMILES string of the molecule is Cc1nc(NN)c(C)c(N(C)C(C)C(C)C)n1. The highest BCUT2D eigenvalue weighted by Crippen LogP contribution is 2.25. The van der Waals surface area contributed by atoms with Crippen LogP contribution in [0.5, 0.6) is 0 Å². The van der Waals surface area contributed by atoms with Gasteiger partial charge in [-0.3, -0.25) is 0 Å². The predicted octanol–water partition coefficient (Wildman–Crippen LogP) is 1.86. The number of rotatable bonds is 4. The molecule has 0 saturated carbocycles. The third-order valence-electron chi connectivity index (χ3n) is 3.28. The molecule has 0 aromatic carbocycles. The molecule has 0 radical (unpaired) electrons. The lowest BCUT2D eigenvalue weighted by Gasteiger charge is -2.30. The Hall–Kier alpha value is -1.36. The van der Waals surface area contributed by atoms with Gasteiger partial charge in [0.25, 0.3) is 0 Å². The highest BCUT2D eigenvalue weighted by atomic mass is 15.3. The van der Waals surface area contributed by atoms with Crippen molar-refractivity contribution < 1.29 is 0 Å². The van der Waals surface area contributed by atoms with E-state index in [-0.39, 0.29) is 0 Å². The first-order valence-corrected chi connectivity index (χ1v) is 5.93. The van der Waals surface area contributed by atoms with Crippen LogP contribution < -0.4 is 16.2 Å². The fraction of sp³-hybridized carbons (Fsp3) is 0.667. The van der Waals surface area contributed by atoms with Crippen molar-refractivity contribution in [3.63, 3.8) is 0 Å². The third-order valence-corrected chi connectivity index (χ3v) is 3.28. The molecule has 0 aliphatic carbocycles. The normalized spacial score (nSPS) is 12.7. The molecule has 1 rings (SSSR count). The van der Waals surface area contributed by atoms with Gasteiger partial charge in [0.15, 0.2) is 0 Å². The van der Waals surface area contributed by atoms with E-state index in [9.17, 15) is 0 Å². The monoisotopic (exact) mass is 237 g/mol. The summed E-state index contributed by atoms with van der Waals surface area (Å²) in [4.78, 5) is 10.9. The Morgan fingerprint density at radius 1 is 1.18 bits per heavy atom. The zero-order valence-corrected chi connectivity index (χ0v) is 11.6. The molecule has 1 aromatic heterocycles. The lowest BCUT2D eigenvalue weighted by Crippen LogP contribution is -2.34. The van der Waals surface area contributed by atoms with Gasteiger partial charge in [-0.15, -0.1) is 0 Å². The summed E-state index contributed by atoms with van der Waals surface area (Å²) in [6.45, 7) is 10.4. The Labute approximate surface area is 103 Å². The molecular weight excluding hydrogens is 214 g/mol. The lowest BCUT2D eigenvalue weighted by atomic mass is 10.0. The van der Waals surface area contributed by atoms with Crippen LogP contribution in [0.1, 0.15) is 32.2 Å². The zero-order chi connectivity index (χ0) is 13.2. The van der Waals surface area contributed by atoms with Gasteiger partial charge in [0, 0.05) is 18.7 Å². The highest BCUT2D eigenvalue weighted by Gasteiger charge is 2.18. The number of nitrogens with zero attached hydrogens (tertiary/aromatic N) is 3. The van der Waals surface area contributed by atoms with Gasteiger partial charge in [0.2, 0.25) is 0 Å². The minimum absolute atomic E-state index is 0.411. The molecule has 5 nitrogen and oxygen atoms in total. The van der Waals surface area contributed by atoms with Crippen molar-refractivity contribution in [1.82, 2.24) is 9.97 Å². The molecule has 0 aliphatic heterocycles.